The smallest absolute Gasteiger partial charge is 0.475 e. The van der Waals surface area contributed by atoms with E-state index in [4.69, 9.17) is 29.3 Å². The average molecular weight is 516 g/mol. The van der Waals surface area contributed by atoms with E-state index in [1.807, 2.05) is 24.5 Å². The number of carboxylic acids is 2. The SMILES string of the molecule is C=CCO[C@H]1CCN(C2CCOC2)[C@H]1Cc1cccnc1.O=C(O)C(F)(F)F.O=C(O)C(F)(F)F. The predicted molar refractivity (Wildman–Crippen MR) is 110 cm³/mol. The van der Waals surface area contributed by atoms with Gasteiger partial charge in [-0.15, -0.1) is 6.58 Å². The van der Waals surface area contributed by atoms with Crippen LogP contribution < -0.4 is 0 Å². The summed E-state index contributed by atoms with van der Waals surface area (Å²) in [5, 5.41) is 14.2. The molecule has 35 heavy (non-hydrogen) atoms. The van der Waals surface area contributed by atoms with Crippen molar-refractivity contribution in [3.8, 4) is 0 Å². The molecule has 2 saturated heterocycles. The fourth-order valence-electron chi connectivity index (χ4n) is 3.48. The molecule has 0 amide bonds. The van der Waals surface area contributed by atoms with E-state index in [2.05, 4.69) is 22.5 Å². The summed E-state index contributed by atoms with van der Waals surface area (Å²) >= 11 is 0. The molecule has 1 aromatic rings. The van der Waals surface area contributed by atoms with E-state index < -0.39 is 24.3 Å². The maximum Gasteiger partial charge on any atom is 0.490 e. The minimum Gasteiger partial charge on any atom is -0.475 e. The monoisotopic (exact) mass is 516 g/mol. The van der Waals surface area contributed by atoms with Crippen LogP contribution in [0.2, 0.25) is 0 Å². The zero-order chi connectivity index (χ0) is 26.6. The van der Waals surface area contributed by atoms with Crippen molar-refractivity contribution in [3.63, 3.8) is 0 Å². The molecular weight excluding hydrogens is 490 g/mol. The zero-order valence-corrected chi connectivity index (χ0v) is 18.5. The van der Waals surface area contributed by atoms with E-state index in [1.165, 1.54) is 5.56 Å². The van der Waals surface area contributed by atoms with Gasteiger partial charge in [-0.2, -0.15) is 26.3 Å². The molecule has 2 N–H and O–H groups in total. The first-order valence-corrected chi connectivity index (χ1v) is 10.3. The van der Waals surface area contributed by atoms with Crippen LogP contribution in [0, 0.1) is 0 Å². The van der Waals surface area contributed by atoms with Crippen LogP contribution in [0.15, 0.2) is 37.2 Å². The number of aromatic nitrogens is 1. The van der Waals surface area contributed by atoms with E-state index in [0.29, 0.717) is 18.7 Å². The Balaban J connectivity index is 0.000000362. The molecule has 0 radical (unpaired) electrons. The third kappa shape index (κ3) is 11.0. The summed E-state index contributed by atoms with van der Waals surface area (Å²) in [6.07, 6.45) is -1.04. The molecule has 0 aliphatic carbocycles. The maximum atomic E-state index is 10.6. The van der Waals surface area contributed by atoms with Crippen LogP contribution in [-0.2, 0) is 25.5 Å². The number of pyridine rings is 1. The van der Waals surface area contributed by atoms with Gasteiger partial charge in [0.2, 0.25) is 0 Å². The summed E-state index contributed by atoms with van der Waals surface area (Å²) < 4.78 is 75.1. The highest BCUT2D eigenvalue weighted by molar-refractivity contribution is 5.73. The number of ether oxygens (including phenoxy) is 2. The van der Waals surface area contributed by atoms with Crippen molar-refractivity contribution >= 4 is 11.9 Å². The first-order valence-electron chi connectivity index (χ1n) is 10.3. The van der Waals surface area contributed by atoms with Gasteiger partial charge in [-0.25, -0.2) is 9.59 Å². The Hall–Kier alpha value is -2.71. The van der Waals surface area contributed by atoms with Gasteiger partial charge in [0.25, 0.3) is 0 Å². The van der Waals surface area contributed by atoms with Crippen LogP contribution in [0.4, 0.5) is 26.3 Å². The molecule has 3 heterocycles. The van der Waals surface area contributed by atoms with Crippen molar-refractivity contribution < 1.29 is 55.6 Å². The largest absolute Gasteiger partial charge is 0.490 e. The van der Waals surface area contributed by atoms with Gasteiger partial charge in [0.1, 0.15) is 0 Å². The number of likely N-dealkylation sites (tertiary alicyclic amines) is 1. The van der Waals surface area contributed by atoms with E-state index in [9.17, 15) is 26.3 Å². The van der Waals surface area contributed by atoms with Gasteiger partial charge in [0.15, 0.2) is 0 Å². The summed E-state index contributed by atoms with van der Waals surface area (Å²) in [7, 11) is 0. The average Bonchev–Trinajstić information content (AvgIpc) is 3.42. The summed E-state index contributed by atoms with van der Waals surface area (Å²) in [5.74, 6) is -5.51. The Labute approximate surface area is 197 Å². The number of carboxylic acid groups (broad SMARTS) is 2. The lowest BCUT2D eigenvalue weighted by molar-refractivity contribution is -0.193. The molecule has 3 atom stereocenters. The Morgan fingerprint density at radius 2 is 1.77 bits per heavy atom. The van der Waals surface area contributed by atoms with Crippen LogP contribution in [0.1, 0.15) is 18.4 Å². The predicted octanol–water partition coefficient (Wildman–Crippen LogP) is 3.33. The van der Waals surface area contributed by atoms with Gasteiger partial charge in [-0.1, -0.05) is 12.1 Å². The van der Waals surface area contributed by atoms with Gasteiger partial charge in [-0.05, 0) is 30.9 Å². The number of halogens is 6. The fourth-order valence-corrected chi connectivity index (χ4v) is 3.48. The second kappa shape index (κ2) is 14.0. The van der Waals surface area contributed by atoms with Crippen molar-refractivity contribution in [3.05, 3.63) is 42.7 Å². The highest BCUT2D eigenvalue weighted by Gasteiger charge is 2.40. The number of rotatable bonds is 6. The lowest BCUT2D eigenvalue weighted by atomic mass is 10.0. The Morgan fingerprint density at radius 1 is 1.17 bits per heavy atom. The molecule has 0 bridgehead atoms. The lowest BCUT2D eigenvalue weighted by Crippen LogP contribution is -2.44. The number of alkyl halides is 6. The van der Waals surface area contributed by atoms with E-state index in [-0.39, 0.29) is 6.10 Å². The zero-order valence-electron chi connectivity index (χ0n) is 18.5. The van der Waals surface area contributed by atoms with Gasteiger partial charge in [0.05, 0.1) is 19.3 Å². The molecule has 2 aliphatic rings. The first-order chi connectivity index (χ1) is 16.3. The third-order valence-corrected chi connectivity index (χ3v) is 4.98. The standard InChI is InChI=1S/C17H24N2O2.2C2HF3O2/c1-2-9-21-17-5-8-19(15-6-10-20-13-15)16(17)11-14-4-3-7-18-12-14;2*3-2(4,5)1(6)7/h2-4,7,12,15-17H,1,5-6,8-11,13H2;2*(H,6,7)/t15?,16-,17-;;/m0../s1. The van der Waals surface area contributed by atoms with Crippen LogP contribution in [-0.4, -0.2) is 88.9 Å². The Kier molecular flexibility index (Phi) is 12.1. The lowest BCUT2D eigenvalue weighted by Gasteiger charge is -2.32. The molecule has 0 aromatic carbocycles. The quantitative estimate of drug-likeness (QED) is 0.438. The third-order valence-electron chi connectivity index (χ3n) is 4.98. The minimum atomic E-state index is -5.08. The van der Waals surface area contributed by atoms with Crippen LogP contribution in [0.3, 0.4) is 0 Å². The molecular formula is C21H26F6N2O6. The van der Waals surface area contributed by atoms with Crippen LogP contribution >= 0.6 is 0 Å². The number of hydrogen-bond donors (Lipinski definition) is 2. The molecule has 2 aliphatic heterocycles. The molecule has 1 unspecified atom stereocenters. The van der Waals surface area contributed by atoms with Gasteiger partial charge in [-0.3, -0.25) is 9.88 Å². The van der Waals surface area contributed by atoms with Crippen molar-refractivity contribution in [2.45, 2.75) is 49.8 Å². The van der Waals surface area contributed by atoms with Crippen LogP contribution in [0.25, 0.3) is 0 Å². The van der Waals surface area contributed by atoms with Crippen molar-refractivity contribution in [1.82, 2.24) is 9.88 Å². The summed E-state index contributed by atoms with van der Waals surface area (Å²) in [6.45, 7) is 7.23. The number of hydrogen-bond acceptors (Lipinski definition) is 6. The molecule has 0 spiro atoms. The van der Waals surface area contributed by atoms with E-state index in [0.717, 1.165) is 39.0 Å². The van der Waals surface area contributed by atoms with Gasteiger partial charge >= 0.3 is 24.3 Å². The summed E-state index contributed by atoms with van der Waals surface area (Å²) in [4.78, 5) is 24.6. The Bertz CT molecular complexity index is 776. The second-order valence-electron chi connectivity index (χ2n) is 7.44. The van der Waals surface area contributed by atoms with Gasteiger partial charge < -0.3 is 19.7 Å². The molecule has 2 fully saturated rings. The number of aliphatic carboxylic acids is 2. The van der Waals surface area contributed by atoms with E-state index in [1.54, 1.807) is 0 Å². The molecule has 0 saturated carbocycles. The van der Waals surface area contributed by atoms with Crippen molar-refractivity contribution in [2.75, 3.05) is 26.4 Å². The van der Waals surface area contributed by atoms with Crippen molar-refractivity contribution in [2.24, 2.45) is 0 Å². The second-order valence-corrected chi connectivity index (χ2v) is 7.44. The normalized spacial score (nSPS) is 22.4. The molecule has 3 rings (SSSR count). The summed E-state index contributed by atoms with van der Waals surface area (Å²) in [5.41, 5.74) is 1.28. The van der Waals surface area contributed by atoms with Crippen LogP contribution in [0.5, 0.6) is 0 Å². The molecule has 198 valence electrons. The first kappa shape index (κ1) is 30.3. The molecule has 1 aromatic heterocycles. The minimum absolute atomic E-state index is 0.281. The molecule has 14 heteroatoms. The van der Waals surface area contributed by atoms with Crippen molar-refractivity contribution in [1.29, 1.82) is 0 Å². The highest BCUT2D eigenvalue weighted by Crippen LogP contribution is 2.29. The number of nitrogens with zero attached hydrogens (tertiary/aromatic N) is 2. The molecule has 8 nitrogen and oxygen atoms in total. The maximum absolute atomic E-state index is 10.6. The Morgan fingerprint density at radius 3 is 2.20 bits per heavy atom. The van der Waals surface area contributed by atoms with Gasteiger partial charge in [0, 0.05) is 37.6 Å². The number of carbonyl (C=O) groups is 2. The van der Waals surface area contributed by atoms with E-state index >= 15 is 0 Å². The topological polar surface area (TPSA) is 109 Å². The summed E-state index contributed by atoms with van der Waals surface area (Å²) in [6, 6.07) is 5.12. The highest BCUT2D eigenvalue weighted by atomic mass is 19.4. The fraction of sp³-hybridized carbons (Fsp3) is 0.571.